The van der Waals surface area contributed by atoms with Gasteiger partial charge in [-0.05, 0) is 6.42 Å². The van der Waals surface area contributed by atoms with Gasteiger partial charge in [0.25, 0.3) is 0 Å². The molecule has 7 heteroatoms. The fourth-order valence-corrected chi connectivity index (χ4v) is 2.45. The molecule has 2 atom stereocenters. The number of aliphatic hydroxyl groups excluding tert-OH is 1. The quantitative estimate of drug-likeness (QED) is 0.573. The van der Waals surface area contributed by atoms with Gasteiger partial charge in [-0.2, -0.15) is 0 Å². The average molecular weight is 261 g/mol. The van der Waals surface area contributed by atoms with E-state index < -0.39 is 0 Å². The highest BCUT2D eigenvalue weighted by Gasteiger charge is 2.24. The molecule has 19 heavy (non-hydrogen) atoms. The van der Waals surface area contributed by atoms with Crippen LogP contribution in [-0.4, -0.2) is 51.6 Å². The number of H-pyrrole nitrogens is 1. The molecule has 7 nitrogen and oxygen atoms in total. The van der Waals surface area contributed by atoms with E-state index in [1.807, 2.05) is 0 Å². The molecule has 0 spiro atoms. The highest BCUT2D eigenvalue weighted by molar-refractivity contribution is 6.01. The number of aromatic nitrogens is 3. The second-order valence-corrected chi connectivity index (χ2v) is 4.67. The second-order valence-electron chi connectivity index (χ2n) is 4.67. The van der Waals surface area contributed by atoms with E-state index in [4.69, 9.17) is 5.11 Å². The predicted molar refractivity (Wildman–Crippen MR) is 70.2 cm³/mol. The Bertz CT molecular complexity index is 597. The van der Waals surface area contributed by atoms with Gasteiger partial charge in [0.1, 0.15) is 17.8 Å². The summed E-state index contributed by atoms with van der Waals surface area (Å²) >= 11 is 0. The highest BCUT2D eigenvalue weighted by Crippen LogP contribution is 2.23. The summed E-state index contributed by atoms with van der Waals surface area (Å²) in [6, 6.07) is 0.302. The maximum Gasteiger partial charge on any atom is 0.152 e. The molecular formula is C12H15N5O2. The zero-order valence-corrected chi connectivity index (χ0v) is 10.3. The van der Waals surface area contributed by atoms with Crippen LogP contribution in [-0.2, 0) is 0 Å². The first-order valence-electron chi connectivity index (χ1n) is 6.20. The van der Waals surface area contributed by atoms with Crippen molar-refractivity contribution in [3.63, 3.8) is 0 Å². The smallest absolute Gasteiger partial charge is 0.152 e. The summed E-state index contributed by atoms with van der Waals surface area (Å²) in [5.74, 6) is 0.652. The van der Waals surface area contributed by atoms with E-state index in [0.717, 1.165) is 19.3 Å². The van der Waals surface area contributed by atoms with Gasteiger partial charge < -0.3 is 20.7 Å². The summed E-state index contributed by atoms with van der Waals surface area (Å²) < 4.78 is 0. The van der Waals surface area contributed by atoms with Gasteiger partial charge >= 0.3 is 0 Å². The summed E-state index contributed by atoms with van der Waals surface area (Å²) in [5, 5.41) is 16.3. The van der Waals surface area contributed by atoms with Crippen LogP contribution in [0.5, 0.6) is 0 Å². The van der Waals surface area contributed by atoms with E-state index in [0.29, 0.717) is 22.4 Å². The molecule has 1 fully saturated rings. The molecule has 0 saturated carbocycles. The first-order chi connectivity index (χ1) is 9.31. The molecule has 2 aromatic rings. The number of aromatic amines is 1. The molecule has 0 bridgehead atoms. The molecular weight excluding hydrogens is 246 g/mol. The SMILES string of the molecule is O=Cc1c[nH]c2ncnc(N[C@H]3CN[C@H](CO)C3)c12. The van der Waals surface area contributed by atoms with Crippen LogP contribution < -0.4 is 10.6 Å². The number of hydrogen-bond donors (Lipinski definition) is 4. The largest absolute Gasteiger partial charge is 0.395 e. The van der Waals surface area contributed by atoms with Gasteiger partial charge in [0, 0.05) is 30.4 Å². The average Bonchev–Trinajstić information content (AvgIpc) is 3.05. The minimum Gasteiger partial charge on any atom is -0.395 e. The van der Waals surface area contributed by atoms with Crippen LogP contribution in [0.25, 0.3) is 11.0 Å². The molecule has 0 aromatic carbocycles. The number of fused-ring (bicyclic) bond motifs is 1. The molecule has 1 aliphatic rings. The zero-order valence-electron chi connectivity index (χ0n) is 10.3. The van der Waals surface area contributed by atoms with Gasteiger partial charge in [-0.3, -0.25) is 4.79 Å². The van der Waals surface area contributed by atoms with Crippen LogP contribution in [0.4, 0.5) is 5.82 Å². The minimum atomic E-state index is 0.117. The summed E-state index contributed by atoms with van der Waals surface area (Å²) in [6.45, 7) is 0.888. The summed E-state index contributed by atoms with van der Waals surface area (Å²) in [7, 11) is 0. The van der Waals surface area contributed by atoms with Gasteiger partial charge in [0.15, 0.2) is 6.29 Å². The lowest BCUT2D eigenvalue weighted by atomic mass is 10.1. The molecule has 1 aliphatic heterocycles. The van der Waals surface area contributed by atoms with Crippen molar-refractivity contribution in [2.75, 3.05) is 18.5 Å². The lowest BCUT2D eigenvalue weighted by molar-refractivity contribution is 0.112. The second kappa shape index (κ2) is 4.94. The lowest BCUT2D eigenvalue weighted by Gasteiger charge is -2.13. The fraction of sp³-hybridized carbons (Fsp3) is 0.417. The number of aliphatic hydroxyl groups is 1. The number of hydrogen-bond acceptors (Lipinski definition) is 6. The zero-order chi connectivity index (χ0) is 13.2. The first-order valence-corrected chi connectivity index (χ1v) is 6.20. The van der Waals surface area contributed by atoms with Gasteiger partial charge in [0.2, 0.25) is 0 Å². The monoisotopic (exact) mass is 261 g/mol. The van der Waals surface area contributed by atoms with E-state index in [-0.39, 0.29) is 18.7 Å². The number of rotatable bonds is 4. The topological polar surface area (TPSA) is 103 Å². The maximum atomic E-state index is 11.0. The third-order valence-corrected chi connectivity index (χ3v) is 3.41. The third-order valence-electron chi connectivity index (χ3n) is 3.41. The van der Waals surface area contributed by atoms with Crippen LogP contribution in [0.3, 0.4) is 0 Å². The van der Waals surface area contributed by atoms with Crippen molar-refractivity contribution in [3.8, 4) is 0 Å². The van der Waals surface area contributed by atoms with Gasteiger partial charge in [-0.25, -0.2) is 9.97 Å². The fourth-order valence-electron chi connectivity index (χ4n) is 2.45. The summed E-state index contributed by atoms with van der Waals surface area (Å²) in [4.78, 5) is 22.3. The Labute approximate surface area is 109 Å². The minimum absolute atomic E-state index is 0.117. The van der Waals surface area contributed by atoms with Gasteiger partial charge in [-0.15, -0.1) is 0 Å². The standard InChI is InChI=1S/C12H15N5O2/c18-4-7-2-14-11-10(7)12(16-6-15-11)17-8-1-9(5-19)13-3-8/h2,4,6,8-9,13,19H,1,3,5H2,(H2,14,15,16,17)/t8-,9+/m1/s1. The normalized spacial score (nSPS) is 22.8. The molecule has 1 saturated heterocycles. The number of anilines is 1. The number of carbonyl (C=O) groups excluding carboxylic acids is 1. The Morgan fingerprint density at radius 1 is 1.53 bits per heavy atom. The number of nitrogens with one attached hydrogen (secondary N) is 3. The van der Waals surface area contributed by atoms with Crippen LogP contribution in [0.1, 0.15) is 16.8 Å². The summed E-state index contributed by atoms with van der Waals surface area (Å²) in [5.41, 5.74) is 1.19. The van der Waals surface area contributed by atoms with Crippen molar-refractivity contribution in [2.24, 2.45) is 0 Å². The molecule has 0 unspecified atom stereocenters. The van der Waals surface area contributed by atoms with Gasteiger partial charge in [0.05, 0.1) is 12.0 Å². The van der Waals surface area contributed by atoms with Crippen molar-refractivity contribution in [2.45, 2.75) is 18.5 Å². The van der Waals surface area contributed by atoms with E-state index >= 15 is 0 Å². The third kappa shape index (κ3) is 2.18. The van der Waals surface area contributed by atoms with Crippen LogP contribution in [0, 0.1) is 0 Å². The van der Waals surface area contributed by atoms with Gasteiger partial charge in [-0.1, -0.05) is 0 Å². The maximum absolute atomic E-state index is 11.0. The van der Waals surface area contributed by atoms with Crippen molar-refractivity contribution >= 4 is 23.1 Å². The summed E-state index contributed by atoms with van der Waals surface area (Å²) in [6.07, 6.45) is 4.70. The van der Waals surface area contributed by atoms with Crippen LogP contribution in [0.15, 0.2) is 12.5 Å². The Hall–Kier alpha value is -1.99. The molecule has 0 radical (unpaired) electrons. The molecule has 3 rings (SSSR count). The highest BCUT2D eigenvalue weighted by atomic mass is 16.3. The molecule has 4 N–H and O–H groups in total. The van der Waals surface area contributed by atoms with E-state index in [1.54, 1.807) is 6.20 Å². The first kappa shape index (κ1) is 12.1. The molecule has 100 valence electrons. The lowest BCUT2D eigenvalue weighted by Crippen LogP contribution is -2.25. The van der Waals surface area contributed by atoms with Crippen molar-refractivity contribution in [3.05, 3.63) is 18.1 Å². The predicted octanol–water partition coefficient (Wildman–Crippen LogP) is -0.0949. The Balaban J connectivity index is 1.88. The van der Waals surface area contributed by atoms with E-state index in [2.05, 4.69) is 25.6 Å². The van der Waals surface area contributed by atoms with Crippen LogP contribution >= 0.6 is 0 Å². The Morgan fingerprint density at radius 3 is 3.16 bits per heavy atom. The van der Waals surface area contributed by atoms with E-state index in [9.17, 15) is 4.79 Å². The molecule has 3 heterocycles. The van der Waals surface area contributed by atoms with Crippen molar-refractivity contribution in [1.82, 2.24) is 20.3 Å². The van der Waals surface area contributed by atoms with E-state index in [1.165, 1.54) is 6.33 Å². The number of nitrogens with zero attached hydrogens (tertiary/aromatic N) is 2. The Morgan fingerprint density at radius 2 is 2.42 bits per heavy atom. The van der Waals surface area contributed by atoms with Crippen molar-refractivity contribution < 1.29 is 9.90 Å². The molecule has 0 amide bonds. The number of carbonyl (C=O) groups is 1. The molecule has 2 aromatic heterocycles. The Kier molecular flexibility index (Phi) is 3.14. The van der Waals surface area contributed by atoms with Crippen LogP contribution in [0.2, 0.25) is 0 Å². The van der Waals surface area contributed by atoms with Crippen molar-refractivity contribution in [1.29, 1.82) is 0 Å². The number of aldehydes is 1. The molecule has 0 aliphatic carbocycles.